The summed E-state index contributed by atoms with van der Waals surface area (Å²) in [6.07, 6.45) is 0.690. The summed E-state index contributed by atoms with van der Waals surface area (Å²) in [6, 6.07) is 12.5. The second-order valence-corrected chi connectivity index (χ2v) is 5.17. The average molecular weight is 314 g/mol. The highest BCUT2D eigenvalue weighted by Crippen LogP contribution is 2.00. The van der Waals surface area contributed by atoms with Crippen LogP contribution in [-0.4, -0.2) is 28.1 Å². The van der Waals surface area contributed by atoms with Crippen LogP contribution in [0.15, 0.2) is 47.3 Å². The highest BCUT2D eigenvalue weighted by atomic mass is 16.4. The minimum atomic E-state index is -1.30. The molecule has 1 amide bonds. The van der Waals surface area contributed by atoms with Crippen LogP contribution >= 0.6 is 0 Å². The molecule has 120 valence electrons. The van der Waals surface area contributed by atoms with Gasteiger partial charge in [0.15, 0.2) is 0 Å². The van der Waals surface area contributed by atoms with Crippen LogP contribution < -0.4 is 10.9 Å². The summed E-state index contributed by atoms with van der Waals surface area (Å²) in [6.45, 7) is 1.92. The quantitative estimate of drug-likeness (QED) is 0.839. The molecular formula is C17H18N2O4. The molecule has 1 heterocycles. The number of pyridine rings is 1. The molecule has 0 spiro atoms. The zero-order valence-corrected chi connectivity index (χ0v) is 12.8. The number of hydrogen-bond acceptors (Lipinski definition) is 3. The van der Waals surface area contributed by atoms with E-state index in [0.717, 1.165) is 5.56 Å². The number of aryl methyl sites for hydroxylation is 1. The Hall–Kier alpha value is -2.89. The van der Waals surface area contributed by atoms with Crippen molar-refractivity contribution in [2.45, 2.75) is 19.9 Å². The van der Waals surface area contributed by atoms with Crippen LogP contribution in [0.2, 0.25) is 0 Å². The standard InChI is InChI=1S/C17H18N2O4/c1-12-7-8-14(17(22)23)16(21)19(12)11-15(20)18-10-9-13-5-3-2-4-6-13/h2-8H,9-11H2,1H3,(H,18,20)(H,22,23). The van der Waals surface area contributed by atoms with E-state index in [2.05, 4.69) is 5.32 Å². The predicted octanol–water partition coefficient (Wildman–Crippen LogP) is 1.21. The van der Waals surface area contributed by atoms with Crippen molar-refractivity contribution in [1.82, 2.24) is 9.88 Å². The zero-order chi connectivity index (χ0) is 16.8. The number of hydrogen-bond donors (Lipinski definition) is 2. The molecule has 2 aromatic rings. The predicted molar refractivity (Wildman–Crippen MR) is 85.6 cm³/mol. The van der Waals surface area contributed by atoms with Crippen LogP contribution in [0.5, 0.6) is 0 Å². The lowest BCUT2D eigenvalue weighted by atomic mass is 10.1. The van der Waals surface area contributed by atoms with Crippen molar-refractivity contribution >= 4 is 11.9 Å². The first kappa shape index (κ1) is 16.5. The highest BCUT2D eigenvalue weighted by Gasteiger charge is 2.14. The molecule has 1 aromatic carbocycles. The molecular weight excluding hydrogens is 296 g/mol. The van der Waals surface area contributed by atoms with E-state index in [9.17, 15) is 14.4 Å². The van der Waals surface area contributed by atoms with Gasteiger partial charge in [0.05, 0.1) is 0 Å². The Kier molecular flexibility index (Phi) is 5.30. The Balaban J connectivity index is 1.99. The molecule has 0 atom stereocenters. The first-order chi connectivity index (χ1) is 11.0. The molecule has 6 nitrogen and oxygen atoms in total. The molecule has 0 aliphatic carbocycles. The van der Waals surface area contributed by atoms with E-state index in [-0.39, 0.29) is 18.0 Å². The molecule has 2 N–H and O–H groups in total. The Morgan fingerprint density at radius 2 is 1.83 bits per heavy atom. The molecule has 1 aromatic heterocycles. The zero-order valence-electron chi connectivity index (χ0n) is 12.8. The molecule has 0 saturated carbocycles. The van der Waals surface area contributed by atoms with E-state index >= 15 is 0 Å². The van der Waals surface area contributed by atoms with Gasteiger partial charge in [0, 0.05) is 12.2 Å². The summed E-state index contributed by atoms with van der Waals surface area (Å²) >= 11 is 0. The smallest absolute Gasteiger partial charge is 0.341 e. The Labute approximate surface area is 133 Å². The monoisotopic (exact) mass is 314 g/mol. The van der Waals surface area contributed by atoms with Gasteiger partial charge < -0.3 is 15.0 Å². The summed E-state index contributed by atoms with van der Waals surface area (Å²) in [5.41, 5.74) is 0.635. The molecule has 0 fully saturated rings. The van der Waals surface area contributed by atoms with Gasteiger partial charge >= 0.3 is 5.97 Å². The first-order valence-electron chi connectivity index (χ1n) is 7.23. The summed E-state index contributed by atoms with van der Waals surface area (Å²) in [5, 5.41) is 11.7. The van der Waals surface area contributed by atoms with E-state index in [1.54, 1.807) is 6.92 Å². The van der Waals surface area contributed by atoms with Crippen molar-refractivity contribution < 1.29 is 14.7 Å². The molecule has 0 bridgehead atoms. The molecule has 0 aliphatic rings. The third-order valence-electron chi connectivity index (χ3n) is 3.50. The van der Waals surface area contributed by atoms with Crippen LogP contribution in [0.1, 0.15) is 21.6 Å². The van der Waals surface area contributed by atoms with Crippen molar-refractivity contribution in [2.24, 2.45) is 0 Å². The maximum absolute atomic E-state index is 12.1. The van der Waals surface area contributed by atoms with Gasteiger partial charge in [-0.1, -0.05) is 30.3 Å². The fourth-order valence-corrected chi connectivity index (χ4v) is 2.22. The summed E-state index contributed by atoms with van der Waals surface area (Å²) < 4.78 is 1.17. The minimum Gasteiger partial charge on any atom is -0.477 e. The maximum Gasteiger partial charge on any atom is 0.341 e. The van der Waals surface area contributed by atoms with Crippen LogP contribution in [0.4, 0.5) is 0 Å². The summed E-state index contributed by atoms with van der Waals surface area (Å²) in [5.74, 6) is -1.62. The topological polar surface area (TPSA) is 88.4 Å². The fraction of sp³-hybridized carbons (Fsp3) is 0.235. The van der Waals surface area contributed by atoms with Crippen LogP contribution in [0, 0.1) is 6.92 Å². The van der Waals surface area contributed by atoms with Gasteiger partial charge in [-0.2, -0.15) is 0 Å². The molecule has 6 heteroatoms. The lowest BCUT2D eigenvalue weighted by Crippen LogP contribution is -2.36. The van der Waals surface area contributed by atoms with Gasteiger partial charge in [0.25, 0.3) is 5.56 Å². The number of aromatic nitrogens is 1. The normalized spacial score (nSPS) is 10.3. The van der Waals surface area contributed by atoms with Gasteiger partial charge in [-0.15, -0.1) is 0 Å². The van der Waals surface area contributed by atoms with Gasteiger partial charge in [-0.05, 0) is 31.0 Å². The van der Waals surface area contributed by atoms with Crippen molar-refractivity contribution in [2.75, 3.05) is 6.54 Å². The van der Waals surface area contributed by atoms with Crippen molar-refractivity contribution in [3.05, 3.63) is 69.6 Å². The lowest BCUT2D eigenvalue weighted by molar-refractivity contribution is -0.121. The number of carbonyl (C=O) groups excluding carboxylic acids is 1. The minimum absolute atomic E-state index is 0.194. The SMILES string of the molecule is Cc1ccc(C(=O)O)c(=O)n1CC(=O)NCCc1ccccc1. The van der Waals surface area contributed by atoms with Gasteiger partial charge in [-0.25, -0.2) is 4.79 Å². The third-order valence-corrected chi connectivity index (χ3v) is 3.50. The highest BCUT2D eigenvalue weighted by molar-refractivity contribution is 5.87. The molecule has 0 aliphatic heterocycles. The molecule has 0 radical (unpaired) electrons. The number of carboxylic acids is 1. The van der Waals surface area contributed by atoms with Gasteiger partial charge in [-0.3, -0.25) is 9.59 Å². The van der Waals surface area contributed by atoms with E-state index < -0.39 is 11.5 Å². The fourth-order valence-electron chi connectivity index (χ4n) is 2.22. The van der Waals surface area contributed by atoms with Crippen LogP contribution in [0.25, 0.3) is 0 Å². The molecule has 0 saturated heterocycles. The average Bonchev–Trinajstić information content (AvgIpc) is 2.52. The number of benzene rings is 1. The van der Waals surface area contributed by atoms with Crippen LogP contribution in [-0.2, 0) is 17.8 Å². The Bertz CT molecular complexity index is 766. The van der Waals surface area contributed by atoms with E-state index in [4.69, 9.17) is 5.11 Å². The number of rotatable bonds is 6. The van der Waals surface area contributed by atoms with E-state index in [1.807, 2.05) is 30.3 Å². The summed E-state index contributed by atoms with van der Waals surface area (Å²) in [4.78, 5) is 35.0. The van der Waals surface area contributed by atoms with Gasteiger partial charge in [0.2, 0.25) is 5.91 Å². The number of nitrogens with one attached hydrogen (secondary N) is 1. The van der Waals surface area contributed by atoms with Gasteiger partial charge in [0.1, 0.15) is 12.1 Å². The second kappa shape index (κ2) is 7.40. The third kappa shape index (κ3) is 4.29. The Morgan fingerprint density at radius 1 is 1.13 bits per heavy atom. The molecule has 2 rings (SSSR count). The second-order valence-electron chi connectivity index (χ2n) is 5.17. The largest absolute Gasteiger partial charge is 0.477 e. The maximum atomic E-state index is 12.1. The number of carbonyl (C=O) groups is 2. The number of amides is 1. The van der Waals surface area contributed by atoms with Crippen molar-refractivity contribution in [3.8, 4) is 0 Å². The van der Waals surface area contributed by atoms with Crippen molar-refractivity contribution in [1.29, 1.82) is 0 Å². The molecule has 23 heavy (non-hydrogen) atoms. The first-order valence-corrected chi connectivity index (χ1v) is 7.23. The molecule has 0 unspecified atom stereocenters. The van der Waals surface area contributed by atoms with E-state index in [1.165, 1.54) is 16.7 Å². The van der Waals surface area contributed by atoms with E-state index in [0.29, 0.717) is 18.7 Å². The summed E-state index contributed by atoms with van der Waals surface area (Å²) in [7, 11) is 0. The lowest BCUT2D eigenvalue weighted by Gasteiger charge is -2.11. The van der Waals surface area contributed by atoms with Crippen LogP contribution in [0.3, 0.4) is 0 Å². The number of aromatic carboxylic acids is 1. The van der Waals surface area contributed by atoms with Crippen molar-refractivity contribution in [3.63, 3.8) is 0 Å². The number of carboxylic acid groups (broad SMARTS) is 1. The number of nitrogens with zero attached hydrogens (tertiary/aromatic N) is 1. The Morgan fingerprint density at radius 3 is 2.48 bits per heavy atom.